The first-order valence-electron chi connectivity index (χ1n) is 9.36. The molecule has 0 amide bonds. The van der Waals surface area contributed by atoms with Crippen molar-refractivity contribution in [2.45, 2.75) is 20.3 Å². The summed E-state index contributed by atoms with van der Waals surface area (Å²) in [5.41, 5.74) is 8.82. The number of hydrogen-bond acceptors (Lipinski definition) is 5. The lowest BCUT2D eigenvalue weighted by Gasteiger charge is -2.21. The molecule has 0 spiro atoms. The highest BCUT2D eigenvalue weighted by molar-refractivity contribution is 6.29. The first-order chi connectivity index (χ1) is 13.6. The summed E-state index contributed by atoms with van der Waals surface area (Å²) in [7, 11) is 0. The molecular formula is C22H20N4O2. The van der Waals surface area contributed by atoms with Crippen LogP contribution in [0.4, 0.5) is 5.69 Å². The van der Waals surface area contributed by atoms with Gasteiger partial charge >= 0.3 is 0 Å². The number of aryl methyl sites for hydroxylation is 1. The molecular weight excluding hydrogens is 352 g/mol. The van der Waals surface area contributed by atoms with Crippen LogP contribution in [0.2, 0.25) is 0 Å². The van der Waals surface area contributed by atoms with Crippen molar-refractivity contribution in [3.05, 3.63) is 58.5 Å². The smallest absolute Gasteiger partial charge is 0.237 e. The van der Waals surface area contributed by atoms with Crippen molar-refractivity contribution >= 4 is 23.1 Å². The van der Waals surface area contributed by atoms with Crippen LogP contribution in [0.3, 0.4) is 0 Å². The van der Waals surface area contributed by atoms with Crippen LogP contribution >= 0.6 is 0 Å². The number of aromatic amines is 1. The first-order valence-corrected chi connectivity index (χ1v) is 9.36. The number of nitrogens with zero attached hydrogens (tertiary/aromatic N) is 2. The van der Waals surface area contributed by atoms with Gasteiger partial charge in [0.1, 0.15) is 12.3 Å². The standard InChI is InChI=1S/C22H20N4O2/c1-12-19(11-24-22-21(12)23-5-6-28-22)14-3-4-15-9-20(27)18(17(15)7-14)8-16-10-25-26-13(16)2/h3-4,7-8,10-11,23H,5-6,9H2,1-2H3,(H,25,26)/b18-8-. The van der Waals surface area contributed by atoms with Gasteiger partial charge in [-0.15, -0.1) is 0 Å². The predicted molar refractivity (Wildman–Crippen MR) is 108 cm³/mol. The van der Waals surface area contributed by atoms with Gasteiger partial charge in [-0.3, -0.25) is 9.89 Å². The summed E-state index contributed by atoms with van der Waals surface area (Å²) in [4.78, 5) is 17.1. The minimum Gasteiger partial charge on any atom is -0.474 e. The maximum Gasteiger partial charge on any atom is 0.237 e. The monoisotopic (exact) mass is 372 g/mol. The van der Waals surface area contributed by atoms with Crippen LogP contribution in [0, 0.1) is 13.8 Å². The second-order valence-electron chi connectivity index (χ2n) is 7.23. The van der Waals surface area contributed by atoms with Crippen LogP contribution in [0.1, 0.15) is 27.9 Å². The maximum absolute atomic E-state index is 12.6. The maximum atomic E-state index is 12.6. The molecule has 5 rings (SSSR count). The highest BCUT2D eigenvalue weighted by Gasteiger charge is 2.26. The van der Waals surface area contributed by atoms with E-state index in [0.29, 0.717) is 18.9 Å². The molecule has 28 heavy (non-hydrogen) atoms. The number of ketones is 1. The van der Waals surface area contributed by atoms with E-state index in [4.69, 9.17) is 4.74 Å². The molecule has 1 aromatic carbocycles. The summed E-state index contributed by atoms with van der Waals surface area (Å²) in [6.45, 7) is 5.42. The number of hydrogen-bond donors (Lipinski definition) is 2. The number of pyridine rings is 1. The fraction of sp³-hybridized carbons (Fsp3) is 0.227. The molecule has 0 unspecified atom stereocenters. The number of rotatable bonds is 2. The van der Waals surface area contributed by atoms with E-state index in [0.717, 1.165) is 56.9 Å². The van der Waals surface area contributed by atoms with Gasteiger partial charge < -0.3 is 10.1 Å². The summed E-state index contributed by atoms with van der Waals surface area (Å²) >= 11 is 0. The topological polar surface area (TPSA) is 79.9 Å². The molecule has 2 aliphatic rings. The minimum atomic E-state index is 0.142. The van der Waals surface area contributed by atoms with Crippen LogP contribution < -0.4 is 10.1 Å². The molecule has 0 atom stereocenters. The molecule has 3 heterocycles. The van der Waals surface area contributed by atoms with Crippen molar-refractivity contribution in [3.63, 3.8) is 0 Å². The lowest BCUT2D eigenvalue weighted by molar-refractivity contribution is -0.112. The largest absolute Gasteiger partial charge is 0.474 e. The highest BCUT2D eigenvalue weighted by Crippen LogP contribution is 2.38. The molecule has 0 saturated heterocycles. The van der Waals surface area contributed by atoms with Crippen molar-refractivity contribution < 1.29 is 9.53 Å². The van der Waals surface area contributed by atoms with Gasteiger partial charge in [0.15, 0.2) is 5.78 Å². The second-order valence-corrected chi connectivity index (χ2v) is 7.23. The minimum absolute atomic E-state index is 0.142. The number of carbonyl (C=O) groups is 1. The number of nitrogens with one attached hydrogen (secondary N) is 2. The molecule has 6 nitrogen and oxygen atoms in total. The van der Waals surface area contributed by atoms with E-state index in [2.05, 4.69) is 45.6 Å². The van der Waals surface area contributed by atoms with Crippen LogP contribution in [-0.2, 0) is 11.2 Å². The van der Waals surface area contributed by atoms with Crippen LogP contribution in [-0.4, -0.2) is 34.1 Å². The summed E-state index contributed by atoms with van der Waals surface area (Å²) in [5.74, 6) is 0.794. The van der Waals surface area contributed by atoms with Crippen molar-refractivity contribution in [1.82, 2.24) is 15.2 Å². The third-order valence-electron chi connectivity index (χ3n) is 5.48. The van der Waals surface area contributed by atoms with E-state index in [1.807, 2.05) is 19.2 Å². The Labute approximate surface area is 162 Å². The summed E-state index contributed by atoms with van der Waals surface area (Å²) in [5, 5.41) is 10.4. The summed E-state index contributed by atoms with van der Waals surface area (Å²) in [6, 6.07) is 6.22. The zero-order valence-electron chi connectivity index (χ0n) is 15.8. The molecule has 6 heteroatoms. The summed E-state index contributed by atoms with van der Waals surface area (Å²) in [6.07, 6.45) is 5.98. The Morgan fingerprint density at radius 1 is 1.18 bits per heavy atom. The Bertz CT molecular complexity index is 1140. The van der Waals surface area contributed by atoms with E-state index in [-0.39, 0.29) is 5.78 Å². The average Bonchev–Trinajstić information content (AvgIpc) is 3.25. The third-order valence-corrected chi connectivity index (χ3v) is 5.48. The Hall–Kier alpha value is -3.41. The van der Waals surface area contributed by atoms with Gasteiger partial charge in [-0.1, -0.05) is 12.1 Å². The number of anilines is 1. The van der Waals surface area contributed by atoms with Crippen molar-refractivity contribution in [1.29, 1.82) is 0 Å². The van der Waals surface area contributed by atoms with Gasteiger partial charge in [-0.05, 0) is 48.2 Å². The van der Waals surface area contributed by atoms with Crippen LogP contribution in [0.25, 0.3) is 22.8 Å². The average molecular weight is 372 g/mol. The lowest BCUT2D eigenvalue weighted by Crippen LogP contribution is -2.20. The van der Waals surface area contributed by atoms with E-state index in [9.17, 15) is 4.79 Å². The number of Topliss-reactive ketones (excluding diaryl/α,β-unsaturated/α-hetero) is 1. The molecule has 1 aliphatic heterocycles. The normalized spacial score (nSPS) is 16.5. The predicted octanol–water partition coefficient (Wildman–Crippen LogP) is 3.56. The van der Waals surface area contributed by atoms with Gasteiger partial charge in [0.2, 0.25) is 5.88 Å². The Balaban J connectivity index is 1.61. The van der Waals surface area contributed by atoms with Crippen molar-refractivity contribution in [2.75, 3.05) is 18.5 Å². The van der Waals surface area contributed by atoms with Gasteiger partial charge in [-0.2, -0.15) is 5.10 Å². The number of ether oxygens (including phenoxy) is 1. The SMILES string of the molecule is Cc1[nH]ncc1/C=C1\C(=O)Cc2ccc(-c3cnc4c(c3C)NCCO4)cc21. The second kappa shape index (κ2) is 6.34. The quantitative estimate of drug-likeness (QED) is 0.673. The van der Waals surface area contributed by atoms with E-state index >= 15 is 0 Å². The molecule has 2 aromatic heterocycles. The van der Waals surface area contributed by atoms with Gasteiger partial charge in [0, 0.05) is 41.6 Å². The molecule has 0 radical (unpaired) electrons. The fourth-order valence-electron chi connectivity index (χ4n) is 3.90. The molecule has 2 N–H and O–H groups in total. The number of aromatic nitrogens is 3. The number of benzene rings is 1. The molecule has 140 valence electrons. The van der Waals surface area contributed by atoms with E-state index in [1.165, 1.54) is 0 Å². The number of H-pyrrole nitrogens is 1. The first kappa shape index (κ1) is 16.7. The zero-order valence-corrected chi connectivity index (χ0v) is 15.8. The molecule has 0 fully saturated rings. The lowest BCUT2D eigenvalue weighted by atomic mass is 9.96. The van der Waals surface area contributed by atoms with Gasteiger partial charge in [-0.25, -0.2) is 4.98 Å². The molecule has 0 bridgehead atoms. The Kier molecular flexibility index (Phi) is 3.79. The Morgan fingerprint density at radius 3 is 2.89 bits per heavy atom. The van der Waals surface area contributed by atoms with Gasteiger partial charge in [0.05, 0.1) is 6.20 Å². The molecule has 0 saturated carbocycles. The third kappa shape index (κ3) is 2.60. The Morgan fingerprint density at radius 2 is 2.07 bits per heavy atom. The zero-order chi connectivity index (χ0) is 19.3. The fourth-order valence-corrected chi connectivity index (χ4v) is 3.90. The van der Waals surface area contributed by atoms with Crippen LogP contribution in [0.15, 0.2) is 30.6 Å². The number of allylic oxidation sites excluding steroid dienone is 1. The highest BCUT2D eigenvalue weighted by atomic mass is 16.5. The van der Waals surface area contributed by atoms with E-state index < -0.39 is 0 Å². The van der Waals surface area contributed by atoms with Crippen molar-refractivity contribution in [2.24, 2.45) is 0 Å². The van der Waals surface area contributed by atoms with Crippen molar-refractivity contribution in [3.8, 4) is 17.0 Å². The van der Waals surface area contributed by atoms with E-state index in [1.54, 1.807) is 6.20 Å². The molecule has 3 aromatic rings. The number of fused-ring (bicyclic) bond motifs is 2. The number of carbonyl (C=O) groups excluding carboxylic acids is 1. The molecule has 1 aliphatic carbocycles. The summed E-state index contributed by atoms with van der Waals surface area (Å²) < 4.78 is 5.63. The van der Waals surface area contributed by atoms with Gasteiger partial charge in [0.25, 0.3) is 0 Å². The van der Waals surface area contributed by atoms with Crippen LogP contribution in [0.5, 0.6) is 5.88 Å².